The number of thiol groups is 1. The Morgan fingerprint density at radius 3 is 2.33 bits per heavy atom. The van der Waals surface area contributed by atoms with Crippen LogP contribution in [0.2, 0.25) is 0 Å². The Labute approximate surface area is 89.7 Å². The van der Waals surface area contributed by atoms with Crippen molar-refractivity contribution >= 4 is 18.3 Å². The van der Waals surface area contributed by atoms with E-state index in [-0.39, 0.29) is 11.3 Å². The first kappa shape index (κ1) is 11.5. The normalized spacial score (nSPS) is 9.27. The van der Waals surface area contributed by atoms with Crippen molar-refractivity contribution in [2.24, 2.45) is 0 Å². The number of rotatable bonds is 1. The lowest BCUT2D eigenvalue weighted by Gasteiger charge is -1.96. The molecule has 0 aliphatic carbocycles. The summed E-state index contributed by atoms with van der Waals surface area (Å²) < 4.78 is 26.0. The Kier molecular flexibility index (Phi) is 3.63. The quantitative estimate of drug-likeness (QED) is 0.347. The summed E-state index contributed by atoms with van der Waals surface area (Å²) in [6, 6.07) is 1.63. The van der Waals surface area contributed by atoms with Crippen LogP contribution < -0.4 is 0 Å². The van der Waals surface area contributed by atoms with Crippen LogP contribution in [-0.4, -0.2) is 10.7 Å². The Morgan fingerprint density at radius 2 is 1.93 bits per heavy atom. The number of hydrogen-bond acceptors (Lipinski definition) is 3. The number of nitrogens with zero attached hydrogens (tertiary/aromatic N) is 1. The average molecular weight is 229 g/mol. The molecule has 0 aliphatic heterocycles. The second kappa shape index (κ2) is 4.75. The van der Waals surface area contributed by atoms with Crippen LogP contribution >= 0.6 is 12.6 Å². The van der Waals surface area contributed by atoms with Crippen molar-refractivity contribution in [3.8, 4) is 11.8 Å². The highest BCUT2D eigenvalue weighted by Gasteiger charge is 2.21. The van der Waals surface area contributed by atoms with Gasteiger partial charge in [0.05, 0.1) is 10.7 Å². The number of nitro groups is 1. The summed E-state index contributed by atoms with van der Waals surface area (Å²) in [6.07, 6.45) is 0. The molecule has 0 bridgehead atoms. The highest BCUT2D eigenvalue weighted by Crippen LogP contribution is 2.22. The maximum atomic E-state index is 13.0. The standard InChI is InChI=1S/C9H5F2NO2S/c10-7-4-6(2-1-3-15)5-8(11)9(7)12(13)14/h4-5,15H,3H2. The number of benzene rings is 1. The molecule has 78 valence electrons. The van der Waals surface area contributed by atoms with E-state index in [4.69, 9.17) is 0 Å². The van der Waals surface area contributed by atoms with Crippen LogP contribution in [0.5, 0.6) is 0 Å². The second-order valence-electron chi connectivity index (χ2n) is 2.51. The highest BCUT2D eigenvalue weighted by atomic mass is 32.1. The van der Waals surface area contributed by atoms with Gasteiger partial charge in [0.25, 0.3) is 0 Å². The zero-order chi connectivity index (χ0) is 11.4. The first-order chi connectivity index (χ1) is 7.06. The van der Waals surface area contributed by atoms with Crippen molar-refractivity contribution in [2.45, 2.75) is 0 Å². The van der Waals surface area contributed by atoms with Crippen molar-refractivity contribution in [1.29, 1.82) is 0 Å². The lowest BCUT2D eigenvalue weighted by Crippen LogP contribution is -1.97. The highest BCUT2D eigenvalue weighted by molar-refractivity contribution is 7.80. The molecule has 0 aliphatic rings. The van der Waals surface area contributed by atoms with Crippen LogP contribution in [0, 0.1) is 33.6 Å². The molecule has 0 saturated carbocycles. The molecule has 0 unspecified atom stereocenters. The number of hydrogen-bond donors (Lipinski definition) is 1. The fraction of sp³-hybridized carbons (Fsp3) is 0.111. The molecule has 15 heavy (non-hydrogen) atoms. The van der Waals surface area contributed by atoms with Gasteiger partial charge in [-0.2, -0.15) is 21.4 Å². The third-order valence-electron chi connectivity index (χ3n) is 1.51. The van der Waals surface area contributed by atoms with E-state index in [0.717, 1.165) is 12.1 Å². The molecule has 3 nitrogen and oxygen atoms in total. The van der Waals surface area contributed by atoms with Gasteiger partial charge in [0.15, 0.2) is 0 Å². The minimum absolute atomic E-state index is 0.0460. The Hall–Kier alpha value is -1.61. The molecular formula is C9H5F2NO2S. The van der Waals surface area contributed by atoms with Gasteiger partial charge in [-0.05, 0) is 12.1 Å². The maximum Gasteiger partial charge on any atom is 0.340 e. The number of nitro benzene ring substituents is 1. The summed E-state index contributed by atoms with van der Waals surface area (Å²) in [5.41, 5.74) is -1.11. The van der Waals surface area contributed by atoms with Gasteiger partial charge in [0, 0.05) is 5.56 Å². The summed E-state index contributed by atoms with van der Waals surface area (Å²) in [4.78, 5) is 9.13. The second-order valence-corrected chi connectivity index (χ2v) is 2.82. The fourth-order valence-corrected chi connectivity index (χ4v) is 1.03. The lowest BCUT2D eigenvalue weighted by molar-refractivity contribution is -0.390. The summed E-state index contributed by atoms with van der Waals surface area (Å²) in [6.45, 7) is 0. The summed E-state index contributed by atoms with van der Waals surface area (Å²) >= 11 is 3.79. The average Bonchev–Trinajstić information content (AvgIpc) is 2.12. The van der Waals surface area contributed by atoms with Gasteiger partial charge in [0.1, 0.15) is 0 Å². The SMILES string of the molecule is O=[N+]([O-])c1c(F)cc(C#CCS)cc1F. The molecule has 1 rings (SSSR count). The van der Waals surface area contributed by atoms with E-state index in [2.05, 4.69) is 24.5 Å². The van der Waals surface area contributed by atoms with E-state index in [1.54, 1.807) is 0 Å². The monoisotopic (exact) mass is 229 g/mol. The molecule has 0 amide bonds. The van der Waals surface area contributed by atoms with E-state index in [1.165, 1.54) is 0 Å². The smallest absolute Gasteiger partial charge is 0.258 e. The zero-order valence-corrected chi connectivity index (χ0v) is 8.22. The first-order valence-electron chi connectivity index (χ1n) is 3.79. The van der Waals surface area contributed by atoms with Crippen molar-refractivity contribution in [2.75, 3.05) is 5.75 Å². The van der Waals surface area contributed by atoms with Crippen LogP contribution in [0.15, 0.2) is 12.1 Å². The molecule has 0 saturated heterocycles. The molecule has 0 N–H and O–H groups in total. The molecule has 1 aromatic rings. The van der Waals surface area contributed by atoms with E-state index < -0.39 is 22.2 Å². The molecule has 0 fully saturated rings. The minimum Gasteiger partial charge on any atom is -0.258 e. The fourth-order valence-electron chi connectivity index (χ4n) is 0.954. The van der Waals surface area contributed by atoms with E-state index >= 15 is 0 Å². The van der Waals surface area contributed by atoms with Gasteiger partial charge in [-0.15, -0.1) is 0 Å². The van der Waals surface area contributed by atoms with Crippen LogP contribution in [0.25, 0.3) is 0 Å². The summed E-state index contributed by atoms with van der Waals surface area (Å²) in [5.74, 6) is 2.66. The topological polar surface area (TPSA) is 43.1 Å². The van der Waals surface area contributed by atoms with Crippen molar-refractivity contribution in [1.82, 2.24) is 0 Å². The number of halogens is 2. The van der Waals surface area contributed by atoms with Gasteiger partial charge in [-0.3, -0.25) is 10.1 Å². The Morgan fingerprint density at radius 1 is 1.40 bits per heavy atom. The zero-order valence-electron chi connectivity index (χ0n) is 7.33. The molecule has 1 aromatic carbocycles. The maximum absolute atomic E-state index is 13.0. The molecule has 0 atom stereocenters. The predicted molar refractivity (Wildman–Crippen MR) is 53.7 cm³/mol. The van der Waals surface area contributed by atoms with Gasteiger partial charge < -0.3 is 0 Å². The van der Waals surface area contributed by atoms with E-state index in [9.17, 15) is 18.9 Å². The molecule has 6 heteroatoms. The van der Waals surface area contributed by atoms with Gasteiger partial charge in [-0.25, -0.2) is 0 Å². The summed E-state index contributed by atoms with van der Waals surface area (Å²) in [7, 11) is 0. The summed E-state index contributed by atoms with van der Waals surface area (Å²) in [5, 5.41) is 10.2. The van der Waals surface area contributed by atoms with Crippen LogP contribution in [0.3, 0.4) is 0 Å². The van der Waals surface area contributed by atoms with Crippen molar-refractivity contribution in [3.05, 3.63) is 39.4 Å². The van der Waals surface area contributed by atoms with Crippen LogP contribution in [0.4, 0.5) is 14.5 Å². The third-order valence-corrected chi connectivity index (χ3v) is 1.67. The van der Waals surface area contributed by atoms with E-state index in [0.29, 0.717) is 0 Å². The molecule has 0 aromatic heterocycles. The molecule has 0 radical (unpaired) electrons. The minimum atomic E-state index is -1.23. The predicted octanol–water partition coefficient (Wildman–Crippen LogP) is 2.15. The van der Waals surface area contributed by atoms with Gasteiger partial charge in [-0.1, -0.05) is 11.8 Å². The molecule has 0 spiro atoms. The lowest BCUT2D eigenvalue weighted by atomic mass is 10.2. The first-order valence-corrected chi connectivity index (χ1v) is 4.42. The third kappa shape index (κ3) is 2.67. The Bertz CT molecular complexity index is 442. The van der Waals surface area contributed by atoms with E-state index in [1.807, 2.05) is 0 Å². The Balaban J connectivity index is 3.25. The van der Waals surface area contributed by atoms with Crippen LogP contribution in [-0.2, 0) is 0 Å². The molecular weight excluding hydrogens is 224 g/mol. The van der Waals surface area contributed by atoms with Gasteiger partial charge >= 0.3 is 5.69 Å². The molecule has 0 heterocycles. The van der Waals surface area contributed by atoms with Crippen LogP contribution in [0.1, 0.15) is 5.56 Å². The largest absolute Gasteiger partial charge is 0.340 e. The van der Waals surface area contributed by atoms with Gasteiger partial charge in [0.2, 0.25) is 11.6 Å². The van der Waals surface area contributed by atoms with Crippen molar-refractivity contribution < 1.29 is 13.7 Å². The van der Waals surface area contributed by atoms with Crippen molar-refractivity contribution in [3.63, 3.8) is 0 Å².